The van der Waals surface area contributed by atoms with Crippen LogP contribution in [0.1, 0.15) is 284 Å². The van der Waals surface area contributed by atoms with Crippen LogP contribution < -0.4 is 37.2 Å². The molecular weight excluding hydrogens is 1080 g/mol. The number of nitrogens with one attached hydrogen (secondary N) is 7. The van der Waals surface area contributed by atoms with Crippen molar-refractivity contribution in [1.29, 1.82) is 0 Å². The van der Waals surface area contributed by atoms with Gasteiger partial charge in [0, 0.05) is 116 Å². The summed E-state index contributed by atoms with van der Waals surface area (Å²) < 4.78 is 22.4. The molecule has 0 aliphatic carbocycles. The largest absolute Gasteiger partial charge is 0.481 e. The molecule has 15 heteroatoms. The quantitative estimate of drug-likeness (QED) is 0.0603. The van der Waals surface area contributed by atoms with Gasteiger partial charge in [-0.05, 0) is 269 Å². The molecule has 0 saturated carbocycles. The predicted octanol–water partition coefficient (Wildman–Crippen LogP) is 12.1. The molecule has 0 bridgehead atoms. The van der Waals surface area contributed by atoms with E-state index in [1.54, 1.807) is 0 Å². The minimum atomic E-state index is -2.04. The first-order valence-electron chi connectivity index (χ1n) is 33.7. The number of carbonyl (C=O) groups excluding carboxylic acids is 3. The van der Waals surface area contributed by atoms with Crippen molar-refractivity contribution in [1.82, 2.24) is 37.2 Å². The molecule has 0 spiro atoms. The van der Waals surface area contributed by atoms with Crippen LogP contribution in [0.15, 0.2) is 0 Å². The molecule has 8 N–H and O–H groups in total. The Balaban J connectivity index is 1.75. The van der Waals surface area contributed by atoms with Gasteiger partial charge in [-0.15, -0.1) is 0 Å². The highest BCUT2D eigenvalue weighted by atomic mass is 16.6. The van der Waals surface area contributed by atoms with Crippen LogP contribution in [-0.2, 0) is 33.4 Å². The third-order valence-corrected chi connectivity index (χ3v) is 21.4. The SMILES string of the molecule is CC1(C)CC(OC(=O)C(C(C(=O)OC2CC(C)(C)NC(C)(C)C2)C(C(=O)OC2CC(C)(C)NC(C)(C)C2)(C2CC(C)(C)NC(C)(C)C2)C2CC(C)(C)NC(C)(C)C2)C(C(=O)O)(C2CC(C)(C)NC(C)(C)C2)C2CC(C)(C)NC(C)(C)C2)CC(C)(C)N1. The van der Waals surface area contributed by atoms with Crippen molar-refractivity contribution < 1.29 is 38.5 Å². The number of hydrogen-bond donors (Lipinski definition) is 8. The van der Waals surface area contributed by atoms with E-state index in [1.807, 2.05) is 0 Å². The lowest BCUT2D eigenvalue weighted by Gasteiger charge is -2.63. The zero-order valence-electron chi connectivity index (χ0n) is 59.9. The van der Waals surface area contributed by atoms with Crippen LogP contribution in [0.2, 0.25) is 0 Å². The van der Waals surface area contributed by atoms with Crippen molar-refractivity contribution in [2.75, 3.05) is 0 Å². The normalized spacial score (nSPS) is 30.5. The molecule has 496 valence electrons. The highest BCUT2D eigenvalue weighted by molar-refractivity contribution is 5.94. The number of carboxylic acids is 1. The van der Waals surface area contributed by atoms with E-state index in [-0.39, 0.29) is 0 Å². The third-order valence-electron chi connectivity index (χ3n) is 21.4. The molecule has 7 fully saturated rings. The van der Waals surface area contributed by atoms with E-state index >= 15 is 19.2 Å². The number of hydrogen-bond acceptors (Lipinski definition) is 14. The summed E-state index contributed by atoms with van der Waals surface area (Å²) in [6.07, 6.45) is 4.11. The van der Waals surface area contributed by atoms with Gasteiger partial charge < -0.3 is 56.5 Å². The topological polar surface area (TPSA) is 200 Å². The molecule has 86 heavy (non-hydrogen) atoms. The first-order valence-corrected chi connectivity index (χ1v) is 33.7. The molecule has 0 radical (unpaired) electrons. The average Bonchev–Trinajstić information content (AvgIpc) is 0.693. The molecule has 7 aliphatic heterocycles. The summed E-state index contributed by atoms with van der Waals surface area (Å²) in [5.41, 5.74) is -11.6. The van der Waals surface area contributed by atoms with Gasteiger partial charge in [-0.25, -0.2) is 0 Å². The van der Waals surface area contributed by atoms with E-state index in [0.29, 0.717) is 89.9 Å². The van der Waals surface area contributed by atoms with Crippen LogP contribution >= 0.6 is 0 Å². The minimum absolute atomic E-state index is 0.376. The lowest BCUT2D eigenvalue weighted by molar-refractivity contribution is -0.224. The first kappa shape index (κ1) is 71.0. The van der Waals surface area contributed by atoms with Crippen LogP contribution in [0.25, 0.3) is 0 Å². The molecule has 7 saturated heterocycles. The van der Waals surface area contributed by atoms with Crippen LogP contribution in [0, 0.1) is 46.3 Å². The molecule has 0 aromatic heterocycles. The summed E-state index contributed by atoms with van der Waals surface area (Å²) >= 11 is 0. The number of ether oxygens (including phenoxy) is 3. The van der Waals surface area contributed by atoms with E-state index in [2.05, 4.69) is 231 Å². The molecule has 7 heterocycles. The number of carbonyl (C=O) groups is 4. The molecule has 15 nitrogen and oxygen atoms in total. The molecule has 0 aromatic rings. The Hall–Kier alpha value is -2.40. The molecule has 0 amide bonds. The zero-order valence-corrected chi connectivity index (χ0v) is 59.9. The van der Waals surface area contributed by atoms with E-state index < -0.39 is 166 Å². The Morgan fingerprint density at radius 1 is 0.291 bits per heavy atom. The fourth-order valence-corrected chi connectivity index (χ4v) is 22.1. The molecule has 7 rings (SSSR count). The maximum atomic E-state index is 18.2. The fourth-order valence-electron chi connectivity index (χ4n) is 22.1. The number of carboxylic acid groups (broad SMARTS) is 1. The van der Waals surface area contributed by atoms with Crippen LogP contribution in [0.5, 0.6) is 0 Å². The van der Waals surface area contributed by atoms with Gasteiger partial charge in [0.15, 0.2) is 0 Å². The Bertz CT molecular complexity index is 2350. The highest BCUT2D eigenvalue weighted by Gasteiger charge is 2.75. The van der Waals surface area contributed by atoms with Crippen LogP contribution in [-0.4, -0.2) is 125 Å². The number of rotatable bonds is 14. The second kappa shape index (κ2) is 22.4. The van der Waals surface area contributed by atoms with Crippen LogP contribution in [0.4, 0.5) is 0 Å². The van der Waals surface area contributed by atoms with Gasteiger partial charge in [0.25, 0.3) is 0 Å². The summed E-state index contributed by atoms with van der Waals surface area (Å²) in [6.45, 7) is 60.3. The Morgan fingerprint density at radius 2 is 0.453 bits per heavy atom. The van der Waals surface area contributed by atoms with Gasteiger partial charge in [0.05, 0.1) is 22.7 Å². The van der Waals surface area contributed by atoms with E-state index in [9.17, 15) is 5.11 Å². The lowest BCUT2D eigenvalue weighted by atomic mass is 9.42. The van der Waals surface area contributed by atoms with Crippen molar-refractivity contribution in [2.45, 2.75) is 380 Å². The van der Waals surface area contributed by atoms with Crippen molar-refractivity contribution in [3.8, 4) is 0 Å². The Labute approximate surface area is 523 Å². The maximum absolute atomic E-state index is 18.2. The van der Waals surface area contributed by atoms with Gasteiger partial charge in [-0.3, -0.25) is 19.2 Å². The average molecular weight is 1210 g/mol. The van der Waals surface area contributed by atoms with Gasteiger partial charge in [0.2, 0.25) is 0 Å². The number of aliphatic carboxylic acids is 1. The van der Waals surface area contributed by atoms with Gasteiger partial charge >= 0.3 is 23.9 Å². The first-order chi connectivity index (χ1) is 38.3. The molecule has 0 aromatic carbocycles. The lowest BCUT2D eigenvalue weighted by Crippen LogP contribution is -2.73. The standard InChI is InChI=1S/C71H129N7O8/c1-56(2)29-43(30-57(3,4)72-56)70(54(81)82,44-31-58(5,6)73-59(7,8)32-44)50(52(79)84-47-37-64(17,18)76-65(19,20)38-47)51(53(80)85-48-39-66(21,22)77-67(23,24)40-48)71(45-33-60(9,10)74-61(11,12)34-45,46-35-62(13,14)75-63(15,16)36-46)55(83)86-49-41-68(25,26)78-69(27,28)42-49/h43-51,72-78H,29-42H2,1-28H3,(H,81,82). The highest BCUT2D eigenvalue weighted by Crippen LogP contribution is 2.66. The molecule has 2 atom stereocenters. The Morgan fingerprint density at radius 3 is 0.651 bits per heavy atom. The van der Waals surface area contributed by atoms with Gasteiger partial charge in [-0.2, -0.15) is 0 Å². The predicted molar refractivity (Wildman–Crippen MR) is 347 cm³/mol. The van der Waals surface area contributed by atoms with Gasteiger partial charge in [0.1, 0.15) is 18.3 Å². The van der Waals surface area contributed by atoms with E-state index in [0.717, 1.165) is 0 Å². The number of piperidine rings is 7. The summed E-state index contributed by atoms with van der Waals surface area (Å²) in [5, 5.41) is 40.9. The fraction of sp³-hybridized carbons (Fsp3) is 0.944. The summed E-state index contributed by atoms with van der Waals surface area (Å²) in [7, 11) is 0. The molecule has 2 unspecified atom stereocenters. The summed E-state index contributed by atoms with van der Waals surface area (Å²) in [4.78, 5) is 70.9. The minimum Gasteiger partial charge on any atom is -0.481 e. The third kappa shape index (κ3) is 16.1. The zero-order chi connectivity index (χ0) is 65.5. The van der Waals surface area contributed by atoms with E-state index in [4.69, 9.17) is 14.2 Å². The van der Waals surface area contributed by atoms with E-state index in [1.165, 1.54) is 0 Å². The van der Waals surface area contributed by atoms with Crippen molar-refractivity contribution in [3.63, 3.8) is 0 Å². The second-order valence-corrected chi connectivity index (χ2v) is 39.2. The van der Waals surface area contributed by atoms with Crippen molar-refractivity contribution in [2.24, 2.45) is 46.3 Å². The van der Waals surface area contributed by atoms with Crippen LogP contribution in [0.3, 0.4) is 0 Å². The number of esters is 3. The monoisotopic (exact) mass is 1210 g/mol. The molecular formula is C71H129N7O8. The summed E-state index contributed by atoms with van der Waals surface area (Å²) in [6, 6.07) is 0. The second-order valence-electron chi connectivity index (χ2n) is 39.2. The molecule has 7 aliphatic rings. The Kier molecular flexibility index (Phi) is 18.5. The van der Waals surface area contributed by atoms with Crippen molar-refractivity contribution >= 4 is 23.9 Å². The smallest absolute Gasteiger partial charge is 0.313 e. The van der Waals surface area contributed by atoms with Crippen molar-refractivity contribution in [3.05, 3.63) is 0 Å². The van der Waals surface area contributed by atoms with Gasteiger partial charge in [-0.1, -0.05) is 0 Å². The summed E-state index contributed by atoms with van der Waals surface area (Å²) in [5.74, 6) is -9.27. The maximum Gasteiger partial charge on any atom is 0.313 e.